The smallest absolute Gasteiger partial charge is 0.152 e. The molecule has 0 heterocycles. The largest absolute Gasteiger partial charge is 0.295 e. The lowest BCUT2D eigenvalue weighted by Gasteiger charge is -2.08. The molecule has 1 aromatic rings. The van der Waals surface area contributed by atoms with Gasteiger partial charge in [0.15, 0.2) is 5.78 Å². The van der Waals surface area contributed by atoms with E-state index in [1.807, 2.05) is 6.92 Å². The summed E-state index contributed by atoms with van der Waals surface area (Å²) in [6.45, 7) is 7.79. The van der Waals surface area contributed by atoms with E-state index in [4.69, 9.17) is 0 Å². The molecule has 15 heavy (non-hydrogen) atoms. The number of hydrogen-bond donors (Lipinski definition) is 0. The van der Waals surface area contributed by atoms with Crippen molar-refractivity contribution in [1.82, 2.24) is 0 Å². The Morgan fingerprint density at radius 3 is 2.60 bits per heavy atom. The van der Waals surface area contributed by atoms with E-state index in [-0.39, 0.29) is 7.21 Å². The first-order chi connectivity index (χ1) is 7.04. The molecule has 1 heteroatoms. The highest BCUT2D eigenvalue weighted by atomic mass is 16.1. The molecule has 0 aliphatic carbocycles. The number of rotatable bonds is 3. The van der Waals surface area contributed by atoms with Crippen molar-refractivity contribution in [2.75, 3.05) is 0 Å². The van der Waals surface area contributed by atoms with Gasteiger partial charge >= 0.3 is 0 Å². The molecule has 0 bridgehead atoms. The molecule has 1 nitrogen and oxygen atoms in total. The van der Waals surface area contributed by atoms with E-state index in [1.165, 1.54) is 16.7 Å². The minimum atomic E-state index is 0. The van der Waals surface area contributed by atoms with E-state index in [0.29, 0.717) is 0 Å². The zero-order chi connectivity index (χ0) is 11.4. The highest BCUT2D eigenvalue weighted by Gasteiger charge is 2.02. The van der Waals surface area contributed by atoms with E-state index >= 15 is 0 Å². The second-order valence-corrected chi connectivity index (χ2v) is 3.94. The molecule has 0 saturated heterocycles. The van der Waals surface area contributed by atoms with E-state index in [1.54, 1.807) is 13.0 Å². The maximum absolute atomic E-state index is 11.0. The summed E-state index contributed by atoms with van der Waals surface area (Å²) < 4.78 is 0. The molecule has 0 spiro atoms. The predicted octanol–water partition coefficient (Wildman–Crippen LogP) is 3.80. The fourth-order valence-corrected chi connectivity index (χ4v) is 1.70. The van der Waals surface area contributed by atoms with Gasteiger partial charge in [0, 0.05) is 1.43 Å². The Bertz CT molecular complexity index is 405. The predicted molar refractivity (Wildman–Crippen MR) is 67.0 cm³/mol. The van der Waals surface area contributed by atoms with Gasteiger partial charge in [-0.1, -0.05) is 25.1 Å². The molecule has 0 N–H and O–H groups in total. The molecule has 1 rings (SSSR count). The highest BCUT2D eigenvalue weighted by Crippen LogP contribution is 2.20. The first-order valence-electron chi connectivity index (χ1n) is 5.33. The third-order valence-corrected chi connectivity index (χ3v) is 2.55. The van der Waals surface area contributed by atoms with E-state index in [2.05, 4.69) is 32.0 Å². The highest BCUT2D eigenvalue weighted by molar-refractivity contribution is 5.95. The Labute approximate surface area is 93.3 Å². The van der Waals surface area contributed by atoms with E-state index in [0.717, 1.165) is 12.0 Å². The first kappa shape index (κ1) is 11.7. The number of allylic oxidation sites excluding steroid dienone is 2. The minimum absolute atomic E-state index is 0. The number of hydrogen-bond acceptors (Lipinski definition) is 1. The SMILES string of the molecule is CCc1ccc(C)c(/C(C)=C\C(C)=O)c1.[HH]. The molecule has 0 saturated carbocycles. The van der Waals surface area contributed by atoms with Gasteiger partial charge in [-0.3, -0.25) is 4.79 Å². The summed E-state index contributed by atoms with van der Waals surface area (Å²) in [5.41, 5.74) is 4.77. The van der Waals surface area contributed by atoms with Gasteiger partial charge in [-0.2, -0.15) is 0 Å². The number of benzene rings is 1. The van der Waals surface area contributed by atoms with Crippen molar-refractivity contribution < 1.29 is 6.22 Å². The van der Waals surface area contributed by atoms with Gasteiger partial charge in [-0.15, -0.1) is 0 Å². The summed E-state index contributed by atoms with van der Waals surface area (Å²) in [6, 6.07) is 6.43. The molecule has 1 aromatic carbocycles. The Hall–Kier alpha value is -1.37. The van der Waals surface area contributed by atoms with Crippen LogP contribution in [-0.4, -0.2) is 5.78 Å². The Morgan fingerprint density at radius 1 is 1.40 bits per heavy atom. The van der Waals surface area contributed by atoms with Crippen LogP contribution in [0.3, 0.4) is 0 Å². The molecular weight excluding hydrogens is 184 g/mol. The van der Waals surface area contributed by atoms with Gasteiger partial charge in [0.05, 0.1) is 0 Å². The van der Waals surface area contributed by atoms with Crippen LogP contribution in [0.4, 0.5) is 0 Å². The van der Waals surface area contributed by atoms with Crippen molar-refractivity contribution in [2.24, 2.45) is 0 Å². The average Bonchev–Trinajstić information content (AvgIpc) is 2.17. The maximum atomic E-state index is 11.0. The second-order valence-electron chi connectivity index (χ2n) is 3.94. The molecule has 82 valence electrons. The monoisotopic (exact) mass is 204 g/mol. The van der Waals surface area contributed by atoms with Gasteiger partial charge in [-0.05, 0) is 55.5 Å². The Kier molecular flexibility index (Phi) is 3.84. The van der Waals surface area contributed by atoms with Crippen LogP contribution in [0.1, 0.15) is 38.9 Å². The fraction of sp³-hybridized carbons (Fsp3) is 0.357. The third-order valence-electron chi connectivity index (χ3n) is 2.55. The van der Waals surface area contributed by atoms with Crippen LogP contribution in [0.15, 0.2) is 24.3 Å². The molecule has 0 aliphatic rings. The zero-order valence-corrected chi connectivity index (χ0v) is 9.92. The molecule has 0 atom stereocenters. The number of carbonyl (C=O) groups is 1. The lowest BCUT2D eigenvalue weighted by atomic mass is 9.97. The van der Waals surface area contributed by atoms with Crippen LogP contribution in [0, 0.1) is 6.92 Å². The van der Waals surface area contributed by atoms with Crippen LogP contribution in [0.2, 0.25) is 0 Å². The summed E-state index contributed by atoms with van der Waals surface area (Å²) in [4.78, 5) is 11.0. The van der Waals surface area contributed by atoms with Crippen LogP contribution < -0.4 is 0 Å². The average molecular weight is 204 g/mol. The summed E-state index contributed by atoms with van der Waals surface area (Å²) in [6.07, 6.45) is 2.72. The quantitative estimate of drug-likeness (QED) is 0.684. The normalized spacial score (nSPS) is 11.6. The first-order valence-corrected chi connectivity index (χ1v) is 5.33. The Balaban J connectivity index is 0.00000225. The van der Waals surface area contributed by atoms with Gasteiger partial charge in [0.25, 0.3) is 0 Å². The zero-order valence-electron chi connectivity index (χ0n) is 9.92. The van der Waals surface area contributed by atoms with Crippen molar-refractivity contribution in [3.8, 4) is 0 Å². The molecule has 0 amide bonds. The van der Waals surface area contributed by atoms with Crippen LogP contribution in [0.25, 0.3) is 5.57 Å². The third kappa shape index (κ3) is 3.05. The van der Waals surface area contributed by atoms with E-state index in [9.17, 15) is 4.79 Å². The number of aryl methyl sites for hydroxylation is 2. The van der Waals surface area contributed by atoms with Crippen LogP contribution in [-0.2, 0) is 11.2 Å². The van der Waals surface area contributed by atoms with Crippen molar-refractivity contribution in [2.45, 2.75) is 34.1 Å². The number of carbonyl (C=O) groups excluding carboxylic acids is 1. The van der Waals surface area contributed by atoms with Gasteiger partial charge in [-0.25, -0.2) is 0 Å². The molecular formula is C14H20O. The lowest BCUT2D eigenvalue weighted by Crippen LogP contribution is -1.92. The van der Waals surface area contributed by atoms with Crippen molar-refractivity contribution in [3.63, 3.8) is 0 Å². The van der Waals surface area contributed by atoms with Crippen LogP contribution in [0.5, 0.6) is 0 Å². The summed E-state index contributed by atoms with van der Waals surface area (Å²) >= 11 is 0. The standard InChI is InChI=1S/C14H18O.H2/c1-5-13-7-6-10(2)14(9-13)11(3)8-12(4)15;/h6-9H,5H2,1-4H3;1H/b11-8-;. The molecule has 0 unspecified atom stereocenters. The maximum Gasteiger partial charge on any atom is 0.152 e. The van der Waals surface area contributed by atoms with E-state index < -0.39 is 0 Å². The molecule has 0 aliphatic heterocycles. The molecule has 0 radical (unpaired) electrons. The van der Waals surface area contributed by atoms with Gasteiger partial charge < -0.3 is 0 Å². The van der Waals surface area contributed by atoms with Gasteiger partial charge in [0.2, 0.25) is 0 Å². The minimum Gasteiger partial charge on any atom is -0.295 e. The fourth-order valence-electron chi connectivity index (χ4n) is 1.70. The van der Waals surface area contributed by atoms with Crippen molar-refractivity contribution in [1.29, 1.82) is 0 Å². The summed E-state index contributed by atoms with van der Waals surface area (Å²) in [5, 5.41) is 0. The Morgan fingerprint density at radius 2 is 2.07 bits per heavy atom. The van der Waals surface area contributed by atoms with Crippen LogP contribution >= 0.6 is 0 Å². The second kappa shape index (κ2) is 4.92. The van der Waals surface area contributed by atoms with Crippen molar-refractivity contribution in [3.05, 3.63) is 41.0 Å². The molecule has 0 fully saturated rings. The summed E-state index contributed by atoms with van der Waals surface area (Å²) in [7, 11) is 0. The topological polar surface area (TPSA) is 17.1 Å². The van der Waals surface area contributed by atoms with Gasteiger partial charge in [0.1, 0.15) is 0 Å². The molecule has 0 aromatic heterocycles. The summed E-state index contributed by atoms with van der Waals surface area (Å²) in [5.74, 6) is 0.105. The van der Waals surface area contributed by atoms with Crippen molar-refractivity contribution >= 4 is 11.4 Å². The lowest BCUT2D eigenvalue weighted by molar-refractivity contribution is -0.112. The number of ketones is 1.